The van der Waals surface area contributed by atoms with Gasteiger partial charge in [0, 0.05) is 12.5 Å². The third-order valence-corrected chi connectivity index (χ3v) is 2.48. The molecule has 0 amide bonds. The number of carbonyl (C=O) groups is 1. The number of ether oxygens (including phenoxy) is 1. The third-order valence-electron chi connectivity index (χ3n) is 2.48. The van der Waals surface area contributed by atoms with Crippen LogP contribution >= 0.6 is 0 Å². The first-order valence-electron chi connectivity index (χ1n) is 4.68. The Bertz CT molecular complexity index is 352. The molecule has 2 N–H and O–H groups in total. The molecule has 0 aromatic heterocycles. The minimum atomic E-state index is -0.299. The van der Waals surface area contributed by atoms with Gasteiger partial charge in [-0.15, -0.1) is 0 Å². The molecule has 0 bridgehead atoms. The average Bonchev–Trinajstić information content (AvgIpc) is 2.85. The van der Waals surface area contributed by atoms with E-state index in [-0.39, 0.29) is 11.5 Å². The lowest BCUT2D eigenvalue weighted by molar-refractivity contribution is -0.131. The van der Waals surface area contributed by atoms with E-state index in [4.69, 9.17) is 10.5 Å². The molecule has 1 aromatic rings. The fourth-order valence-corrected chi connectivity index (χ4v) is 1.44. The molecule has 1 aromatic carbocycles. The molecule has 74 valence electrons. The van der Waals surface area contributed by atoms with Crippen molar-refractivity contribution in [3.63, 3.8) is 0 Å². The highest BCUT2D eigenvalue weighted by molar-refractivity contribution is 5.69. The molecule has 0 heterocycles. The summed E-state index contributed by atoms with van der Waals surface area (Å²) in [5.41, 5.74) is 7.01. The van der Waals surface area contributed by atoms with E-state index in [0.29, 0.717) is 5.75 Å². The molecule has 1 saturated carbocycles. The van der Waals surface area contributed by atoms with E-state index >= 15 is 0 Å². The van der Waals surface area contributed by atoms with E-state index < -0.39 is 0 Å². The van der Waals surface area contributed by atoms with Crippen LogP contribution < -0.4 is 10.5 Å². The van der Waals surface area contributed by atoms with Crippen molar-refractivity contribution in [2.45, 2.75) is 25.3 Å². The van der Waals surface area contributed by atoms with E-state index in [2.05, 4.69) is 0 Å². The lowest BCUT2D eigenvalue weighted by Gasteiger charge is -2.09. The summed E-state index contributed by atoms with van der Waals surface area (Å²) in [6, 6.07) is 7.41. The van der Waals surface area contributed by atoms with Gasteiger partial charge in [-0.2, -0.15) is 0 Å². The van der Waals surface area contributed by atoms with Crippen LogP contribution in [-0.4, -0.2) is 5.97 Å². The van der Waals surface area contributed by atoms with Gasteiger partial charge in [-0.1, -0.05) is 12.1 Å². The number of hydrogen-bond acceptors (Lipinski definition) is 3. The maximum Gasteiger partial charge on any atom is 0.308 e. The highest BCUT2D eigenvalue weighted by Gasteiger charge is 2.39. The van der Waals surface area contributed by atoms with Gasteiger partial charge in [-0.05, 0) is 30.5 Å². The lowest BCUT2D eigenvalue weighted by Crippen LogP contribution is -2.18. The van der Waals surface area contributed by atoms with Crippen LogP contribution in [0.3, 0.4) is 0 Å². The van der Waals surface area contributed by atoms with Gasteiger partial charge in [0.1, 0.15) is 5.75 Å². The molecule has 0 aliphatic heterocycles. The van der Waals surface area contributed by atoms with Crippen molar-refractivity contribution < 1.29 is 9.53 Å². The Morgan fingerprint density at radius 2 is 1.93 bits per heavy atom. The van der Waals surface area contributed by atoms with Crippen molar-refractivity contribution >= 4 is 5.97 Å². The standard InChI is InChI=1S/C11H13NO2/c1-8(13)14-10-4-2-9(3-5-10)11(12)6-7-11/h2-5H,6-7,12H2,1H3. The second kappa shape index (κ2) is 3.10. The maximum atomic E-state index is 10.7. The summed E-state index contributed by atoms with van der Waals surface area (Å²) in [6.07, 6.45) is 2.08. The minimum absolute atomic E-state index is 0.116. The summed E-state index contributed by atoms with van der Waals surface area (Å²) in [5.74, 6) is 0.275. The lowest BCUT2D eigenvalue weighted by atomic mass is 10.1. The Hall–Kier alpha value is -1.35. The first kappa shape index (κ1) is 9.21. The van der Waals surface area contributed by atoms with Crippen LogP contribution in [0.1, 0.15) is 25.3 Å². The average molecular weight is 191 g/mol. The van der Waals surface area contributed by atoms with E-state index in [1.807, 2.05) is 12.1 Å². The maximum absolute atomic E-state index is 10.7. The van der Waals surface area contributed by atoms with Crippen LogP contribution in [0, 0.1) is 0 Å². The largest absolute Gasteiger partial charge is 0.427 e. The molecule has 1 aliphatic carbocycles. The number of carbonyl (C=O) groups excluding carboxylic acids is 1. The highest BCUT2D eigenvalue weighted by Crippen LogP contribution is 2.42. The van der Waals surface area contributed by atoms with Crippen LogP contribution in [0.4, 0.5) is 0 Å². The number of benzene rings is 1. The number of rotatable bonds is 2. The van der Waals surface area contributed by atoms with Crippen molar-refractivity contribution in [2.75, 3.05) is 0 Å². The van der Waals surface area contributed by atoms with Crippen molar-refractivity contribution in [3.8, 4) is 5.75 Å². The fourth-order valence-electron chi connectivity index (χ4n) is 1.44. The van der Waals surface area contributed by atoms with Gasteiger partial charge in [0.05, 0.1) is 0 Å². The van der Waals surface area contributed by atoms with Crippen molar-refractivity contribution in [3.05, 3.63) is 29.8 Å². The Balaban J connectivity index is 2.14. The van der Waals surface area contributed by atoms with Crippen molar-refractivity contribution in [1.82, 2.24) is 0 Å². The monoisotopic (exact) mass is 191 g/mol. The molecule has 1 aliphatic rings. The Labute approximate surface area is 82.9 Å². The van der Waals surface area contributed by atoms with Crippen LogP contribution in [0.2, 0.25) is 0 Å². The SMILES string of the molecule is CC(=O)Oc1ccc(C2(N)CC2)cc1. The third kappa shape index (κ3) is 1.77. The van der Waals surface area contributed by atoms with Crippen LogP contribution in [-0.2, 0) is 10.3 Å². The molecule has 3 heteroatoms. The predicted octanol–water partition coefficient (Wildman–Crippen LogP) is 1.56. The smallest absolute Gasteiger partial charge is 0.308 e. The topological polar surface area (TPSA) is 52.3 Å². The molecule has 14 heavy (non-hydrogen) atoms. The Kier molecular flexibility index (Phi) is 2.04. The molecule has 2 rings (SSSR count). The van der Waals surface area contributed by atoms with Gasteiger partial charge in [-0.3, -0.25) is 4.79 Å². The summed E-state index contributed by atoms with van der Waals surface area (Å²) >= 11 is 0. The first-order valence-corrected chi connectivity index (χ1v) is 4.68. The van der Waals surface area contributed by atoms with Gasteiger partial charge < -0.3 is 10.5 Å². The quantitative estimate of drug-likeness (QED) is 0.570. The molecule has 3 nitrogen and oxygen atoms in total. The zero-order valence-corrected chi connectivity index (χ0v) is 8.12. The second-order valence-electron chi connectivity index (χ2n) is 3.77. The minimum Gasteiger partial charge on any atom is -0.427 e. The molecule has 0 radical (unpaired) electrons. The van der Waals surface area contributed by atoms with E-state index in [1.165, 1.54) is 6.92 Å². The van der Waals surface area contributed by atoms with Gasteiger partial charge in [-0.25, -0.2) is 0 Å². The van der Waals surface area contributed by atoms with Gasteiger partial charge in [0.15, 0.2) is 0 Å². The van der Waals surface area contributed by atoms with Gasteiger partial charge >= 0.3 is 5.97 Å². The van der Waals surface area contributed by atoms with Crippen LogP contribution in [0.5, 0.6) is 5.75 Å². The normalized spacial score (nSPS) is 17.6. The molecule has 0 saturated heterocycles. The Morgan fingerprint density at radius 3 is 2.36 bits per heavy atom. The van der Waals surface area contributed by atoms with E-state index in [0.717, 1.165) is 18.4 Å². The summed E-state index contributed by atoms with van der Waals surface area (Å²) < 4.78 is 4.92. The van der Waals surface area contributed by atoms with E-state index in [1.54, 1.807) is 12.1 Å². The first-order chi connectivity index (χ1) is 6.60. The molecular weight excluding hydrogens is 178 g/mol. The predicted molar refractivity (Wildman–Crippen MR) is 52.9 cm³/mol. The van der Waals surface area contributed by atoms with Gasteiger partial charge in [0.25, 0.3) is 0 Å². The summed E-state index contributed by atoms with van der Waals surface area (Å²) in [6.45, 7) is 1.39. The molecule has 0 spiro atoms. The fraction of sp³-hybridized carbons (Fsp3) is 0.364. The van der Waals surface area contributed by atoms with E-state index in [9.17, 15) is 4.79 Å². The Morgan fingerprint density at radius 1 is 1.36 bits per heavy atom. The van der Waals surface area contributed by atoms with Crippen LogP contribution in [0.15, 0.2) is 24.3 Å². The van der Waals surface area contributed by atoms with Crippen molar-refractivity contribution in [2.24, 2.45) is 5.73 Å². The highest BCUT2D eigenvalue weighted by atomic mass is 16.5. The zero-order chi connectivity index (χ0) is 10.2. The summed E-state index contributed by atoms with van der Waals surface area (Å²) in [4.78, 5) is 10.7. The number of esters is 1. The number of nitrogens with two attached hydrogens (primary N) is 1. The number of hydrogen-bond donors (Lipinski definition) is 1. The second-order valence-corrected chi connectivity index (χ2v) is 3.77. The zero-order valence-electron chi connectivity index (χ0n) is 8.12. The van der Waals surface area contributed by atoms with Crippen molar-refractivity contribution in [1.29, 1.82) is 0 Å². The molecule has 1 fully saturated rings. The van der Waals surface area contributed by atoms with Crippen LogP contribution in [0.25, 0.3) is 0 Å². The molecule has 0 atom stereocenters. The summed E-state index contributed by atoms with van der Waals surface area (Å²) in [7, 11) is 0. The molecule has 0 unspecified atom stereocenters. The molecular formula is C11H13NO2. The van der Waals surface area contributed by atoms with Gasteiger partial charge in [0.2, 0.25) is 0 Å². The summed E-state index contributed by atoms with van der Waals surface area (Å²) in [5, 5.41) is 0.